The standard InChI is InChI=1S/C23H25N7O5/c1-33-23(32)28-8-9-30(20-4-5-25-22(27-20)29-7-6-24-14-29)17(13-28)11-21(31)26-12-16-2-3-18-19(10-16)35-15-34-18/h2-7,10,14,17H,8-9,11-13,15H2,1H3,(H,26,31)/t17-/m1/s1. The maximum atomic E-state index is 12.9. The van der Waals surface area contributed by atoms with Crippen LogP contribution in [0.2, 0.25) is 0 Å². The number of amides is 2. The van der Waals surface area contributed by atoms with Gasteiger partial charge in [-0.1, -0.05) is 6.07 Å². The molecule has 182 valence electrons. The highest BCUT2D eigenvalue weighted by Crippen LogP contribution is 2.32. The number of ether oxygens (including phenoxy) is 3. The third kappa shape index (κ3) is 4.95. The zero-order valence-electron chi connectivity index (χ0n) is 19.2. The third-order valence-corrected chi connectivity index (χ3v) is 5.92. The first-order valence-corrected chi connectivity index (χ1v) is 11.2. The van der Waals surface area contributed by atoms with Crippen molar-refractivity contribution >= 4 is 17.8 Å². The van der Waals surface area contributed by atoms with Crippen LogP contribution in [0.4, 0.5) is 10.6 Å². The molecule has 2 amide bonds. The Morgan fingerprint density at radius 3 is 2.89 bits per heavy atom. The van der Waals surface area contributed by atoms with Crippen LogP contribution in [0.15, 0.2) is 49.2 Å². The lowest BCUT2D eigenvalue weighted by Crippen LogP contribution is -2.56. The van der Waals surface area contributed by atoms with Crippen LogP contribution in [-0.4, -0.2) is 76.0 Å². The molecule has 0 unspecified atom stereocenters. The van der Waals surface area contributed by atoms with Crippen molar-refractivity contribution < 1.29 is 23.8 Å². The normalized spacial score (nSPS) is 16.8. The Bertz CT molecular complexity index is 1200. The fourth-order valence-corrected chi connectivity index (χ4v) is 4.17. The number of hydrogen-bond acceptors (Lipinski definition) is 9. The summed E-state index contributed by atoms with van der Waals surface area (Å²) in [5.74, 6) is 2.36. The molecule has 1 aromatic carbocycles. The summed E-state index contributed by atoms with van der Waals surface area (Å²) in [7, 11) is 1.35. The number of carbonyl (C=O) groups excluding carboxylic acids is 2. The van der Waals surface area contributed by atoms with Gasteiger partial charge in [0.1, 0.15) is 12.1 Å². The molecule has 2 aliphatic rings. The van der Waals surface area contributed by atoms with Crippen molar-refractivity contribution in [3.05, 3.63) is 54.7 Å². The molecule has 1 saturated heterocycles. The van der Waals surface area contributed by atoms with Crippen molar-refractivity contribution in [3.63, 3.8) is 0 Å². The molecule has 1 N–H and O–H groups in total. The Labute approximate surface area is 201 Å². The van der Waals surface area contributed by atoms with Gasteiger partial charge in [-0.25, -0.2) is 14.8 Å². The number of nitrogens with zero attached hydrogens (tertiary/aromatic N) is 6. The number of nitrogens with one attached hydrogen (secondary N) is 1. The number of rotatable bonds is 6. The summed E-state index contributed by atoms with van der Waals surface area (Å²) in [6, 6.07) is 7.07. The van der Waals surface area contributed by atoms with Gasteiger partial charge >= 0.3 is 6.09 Å². The monoisotopic (exact) mass is 479 g/mol. The van der Waals surface area contributed by atoms with Gasteiger partial charge in [-0.15, -0.1) is 0 Å². The van der Waals surface area contributed by atoms with Crippen LogP contribution in [0.3, 0.4) is 0 Å². The first-order valence-electron chi connectivity index (χ1n) is 11.2. The molecule has 2 aromatic heterocycles. The second-order valence-corrected chi connectivity index (χ2v) is 8.12. The summed E-state index contributed by atoms with van der Waals surface area (Å²) in [6.45, 7) is 1.82. The van der Waals surface area contributed by atoms with Crippen LogP contribution in [0.1, 0.15) is 12.0 Å². The molecule has 0 spiro atoms. The van der Waals surface area contributed by atoms with Gasteiger partial charge in [0.2, 0.25) is 18.6 Å². The number of methoxy groups -OCH3 is 1. The van der Waals surface area contributed by atoms with Crippen LogP contribution in [0.25, 0.3) is 5.95 Å². The molecule has 5 rings (SSSR count). The number of carbonyl (C=O) groups is 2. The molecule has 1 atom stereocenters. The van der Waals surface area contributed by atoms with E-state index in [1.54, 1.807) is 40.5 Å². The molecular formula is C23H25N7O5. The van der Waals surface area contributed by atoms with Gasteiger partial charge in [0.25, 0.3) is 0 Å². The Hall–Kier alpha value is -4.35. The molecule has 4 heterocycles. The lowest BCUT2D eigenvalue weighted by atomic mass is 10.1. The van der Waals surface area contributed by atoms with Gasteiger partial charge in [-0.3, -0.25) is 9.36 Å². The number of imidazole rings is 1. The number of piperazine rings is 1. The Kier molecular flexibility index (Phi) is 6.33. The van der Waals surface area contributed by atoms with Crippen LogP contribution in [0.5, 0.6) is 11.5 Å². The van der Waals surface area contributed by atoms with E-state index in [9.17, 15) is 9.59 Å². The number of benzene rings is 1. The largest absolute Gasteiger partial charge is 0.454 e. The van der Waals surface area contributed by atoms with E-state index >= 15 is 0 Å². The number of aromatic nitrogens is 4. The first kappa shape index (κ1) is 22.4. The van der Waals surface area contributed by atoms with Gasteiger partial charge in [-0.2, -0.15) is 4.98 Å². The molecule has 0 bridgehead atoms. The minimum atomic E-state index is -0.419. The lowest BCUT2D eigenvalue weighted by Gasteiger charge is -2.41. The van der Waals surface area contributed by atoms with E-state index in [0.717, 1.165) is 5.56 Å². The van der Waals surface area contributed by atoms with E-state index in [1.807, 2.05) is 23.1 Å². The quantitative estimate of drug-likeness (QED) is 0.558. The van der Waals surface area contributed by atoms with Crippen molar-refractivity contribution in [1.29, 1.82) is 0 Å². The maximum Gasteiger partial charge on any atom is 0.409 e. The highest BCUT2D eigenvalue weighted by Gasteiger charge is 2.32. The second kappa shape index (κ2) is 9.87. The minimum absolute atomic E-state index is 0.145. The van der Waals surface area contributed by atoms with Crippen LogP contribution in [-0.2, 0) is 16.1 Å². The first-order chi connectivity index (χ1) is 17.1. The van der Waals surface area contributed by atoms with Gasteiger partial charge in [0.05, 0.1) is 13.2 Å². The van der Waals surface area contributed by atoms with Crippen LogP contribution < -0.4 is 19.7 Å². The summed E-state index contributed by atoms with van der Waals surface area (Å²) in [5, 5.41) is 2.96. The highest BCUT2D eigenvalue weighted by molar-refractivity contribution is 5.77. The van der Waals surface area contributed by atoms with Crippen molar-refractivity contribution in [1.82, 2.24) is 29.7 Å². The predicted octanol–water partition coefficient (Wildman–Crippen LogP) is 1.35. The number of fused-ring (bicyclic) bond motifs is 1. The molecule has 0 saturated carbocycles. The lowest BCUT2D eigenvalue weighted by molar-refractivity contribution is -0.121. The Balaban J connectivity index is 1.29. The van der Waals surface area contributed by atoms with E-state index in [1.165, 1.54) is 7.11 Å². The summed E-state index contributed by atoms with van der Waals surface area (Å²) in [4.78, 5) is 41.7. The van der Waals surface area contributed by atoms with E-state index in [2.05, 4.69) is 20.3 Å². The molecular weight excluding hydrogens is 454 g/mol. The van der Waals surface area contributed by atoms with Crippen molar-refractivity contribution in [2.75, 3.05) is 38.4 Å². The smallest absolute Gasteiger partial charge is 0.409 e. The topological polar surface area (TPSA) is 124 Å². The maximum absolute atomic E-state index is 12.9. The van der Waals surface area contributed by atoms with Crippen molar-refractivity contribution in [2.45, 2.75) is 19.0 Å². The molecule has 35 heavy (non-hydrogen) atoms. The summed E-state index contributed by atoms with van der Waals surface area (Å²) >= 11 is 0. The molecule has 3 aromatic rings. The Morgan fingerprint density at radius 2 is 2.06 bits per heavy atom. The average molecular weight is 479 g/mol. The predicted molar refractivity (Wildman–Crippen MR) is 123 cm³/mol. The summed E-state index contributed by atoms with van der Waals surface area (Å²) in [6.07, 6.45) is 6.45. The number of anilines is 1. The Morgan fingerprint density at radius 1 is 1.17 bits per heavy atom. The van der Waals surface area contributed by atoms with E-state index in [4.69, 9.17) is 14.2 Å². The van der Waals surface area contributed by atoms with Gasteiger partial charge < -0.3 is 29.3 Å². The van der Waals surface area contributed by atoms with Crippen molar-refractivity contribution in [2.24, 2.45) is 0 Å². The van der Waals surface area contributed by atoms with Crippen molar-refractivity contribution in [3.8, 4) is 17.4 Å². The summed E-state index contributed by atoms with van der Waals surface area (Å²) in [5.41, 5.74) is 0.903. The van der Waals surface area contributed by atoms with E-state index in [-0.39, 0.29) is 25.2 Å². The molecule has 0 radical (unpaired) electrons. The van der Waals surface area contributed by atoms with Gasteiger partial charge in [0.15, 0.2) is 11.5 Å². The molecule has 12 nitrogen and oxygen atoms in total. The average Bonchev–Trinajstić information content (AvgIpc) is 3.59. The zero-order chi connectivity index (χ0) is 24.2. The van der Waals surface area contributed by atoms with E-state index < -0.39 is 6.09 Å². The molecule has 0 aliphatic carbocycles. The van der Waals surface area contributed by atoms with Crippen LogP contribution in [0, 0.1) is 0 Å². The minimum Gasteiger partial charge on any atom is -0.454 e. The molecule has 1 fully saturated rings. The zero-order valence-corrected chi connectivity index (χ0v) is 19.2. The second-order valence-electron chi connectivity index (χ2n) is 8.12. The number of hydrogen-bond donors (Lipinski definition) is 1. The SMILES string of the molecule is COC(=O)N1CCN(c2ccnc(-n3ccnc3)n2)[C@H](CC(=O)NCc2ccc3c(c2)OCO3)C1. The van der Waals surface area contributed by atoms with Gasteiger partial charge in [0, 0.05) is 51.2 Å². The molecule has 12 heteroatoms. The fraction of sp³-hybridized carbons (Fsp3) is 0.348. The van der Waals surface area contributed by atoms with Gasteiger partial charge in [-0.05, 0) is 23.8 Å². The van der Waals surface area contributed by atoms with Crippen LogP contribution >= 0.6 is 0 Å². The summed E-state index contributed by atoms with van der Waals surface area (Å²) < 4.78 is 17.3. The molecule has 2 aliphatic heterocycles. The highest BCUT2D eigenvalue weighted by atomic mass is 16.7. The third-order valence-electron chi connectivity index (χ3n) is 5.92. The van der Waals surface area contributed by atoms with E-state index in [0.29, 0.717) is 49.4 Å². The fourth-order valence-electron chi connectivity index (χ4n) is 4.17.